The fraction of sp³-hybridized carbons (Fsp3) is 0.0882. The minimum Gasteiger partial charge on any atom is -0.358 e. The molecule has 0 fully saturated rings. The molecule has 8 aromatic heterocycles. The molecular formula is C102H73Cl6FN24O2S. The van der Waals surface area contributed by atoms with E-state index in [1.54, 1.807) is 85.7 Å². The van der Waals surface area contributed by atoms with Gasteiger partial charge in [-0.2, -0.15) is 51.8 Å². The van der Waals surface area contributed by atoms with Crippen molar-refractivity contribution < 1.29 is 9.31 Å². The first-order valence-corrected chi connectivity index (χ1v) is 44.5. The summed E-state index contributed by atoms with van der Waals surface area (Å²) in [6.45, 7) is 6.17. The number of aryl methyl sites for hydroxylation is 3. The number of benzene rings is 9. The Labute approximate surface area is 812 Å². The summed E-state index contributed by atoms with van der Waals surface area (Å²) in [6.07, 6.45) is 14.4. The van der Waals surface area contributed by atoms with Crippen LogP contribution in [0.3, 0.4) is 0 Å². The second-order valence-corrected chi connectivity index (χ2v) is 33.9. The van der Waals surface area contributed by atoms with E-state index in [1.807, 2.05) is 202 Å². The molecule has 0 unspecified atom stereocenters. The number of aromatic amines is 6. The zero-order chi connectivity index (χ0) is 95.6. The topological polar surface area (TPSA) is 408 Å². The summed E-state index contributed by atoms with van der Waals surface area (Å²) in [4.78, 5) is 46.6. The molecule has 9 heterocycles. The molecule has 0 amide bonds. The molecule has 0 radical (unpaired) electrons. The number of para-hydroxylation sites is 1. The molecule has 34 heteroatoms. The molecule has 136 heavy (non-hydrogen) atoms. The van der Waals surface area contributed by atoms with Gasteiger partial charge in [0.1, 0.15) is 64.0 Å². The molecule has 0 bridgehead atoms. The number of halogens is 7. The molecule has 0 saturated heterocycles. The Bertz CT molecular complexity index is 7710. The number of nitrogens with one attached hydrogen (secondary N) is 6. The van der Waals surface area contributed by atoms with Gasteiger partial charge in [-0.05, 0) is 181 Å². The lowest BCUT2D eigenvalue weighted by molar-refractivity contribution is -0.385. The number of rotatable bonds is 23. The number of hydrogen-bond donors (Lipinski definition) is 6. The van der Waals surface area contributed by atoms with Gasteiger partial charge in [0.05, 0.1) is 56.2 Å². The van der Waals surface area contributed by atoms with Crippen LogP contribution in [0.4, 0.5) is 39.2 Å². The lowest BCUT2D eigenvalue weighted by Gasteiger charge is -2.03. The normalized spacial score (nSPS) is 11.5. The van der Waals surface area contributed by atoms with Crippen LogP contribution in [-0.4, -0.2) is 109 Å². The molecule has 0 spiro atoms. The second-order valence-electron chi connectivity index (χ2n) is 30.2. The summed E-state index contributed by atoms with van der Waals surface area (Å²) >= 11 is 37.9. The maximum absolute atomic E-state index is 13.2. The highest BCUT2D eigenvalue weighted by atomic mass is 35.5. The summed E-state index contributed by atoms with van der Waals surface area (Å²) in [7, 11) is 0. The van der Waals surface area contributed by atoms with Gasteiger partial charge in [0.25, 0.3) is 5.69 Å². The SMILES string of the molecule is Cc1[nH]c2ccccc2c1C=Nc1n[nH]c(Cc2cccc(Cl)c2)c1C#N.Cc1ccc(C=Nc2n[nH]c(Cc3cccc(Cl)c3)c2C#N)c(Cl)c1.Cc1ccc(C=Nc2n[nH]c(Cc3cccc(Cl)c3)c2C#N)cc1[N+](=O)[O-].N#Cc1c(N=CC2=CCN=C2c2ccc(F)cc2)n[nH]c1Cc1cccc(Cl)c1.N#Cc1c(N=Cc2ccc(-c3ccccn3)s2)n[nH]c1Cc1cccc(Cl)c1. The Balaban J connectivity index is 0.000000136. The average Bonchev–Trinajstić information content (AvgIpc) is 1.65. The summed E-state index contributed by atoms with van der Waals surface area (Å²) in [5, 5.41) is 99.0. The lowest BCUT2D eigenvalue weighted by Crippen LogP contribution is -2.03. The molecule has 9 aromatic carbocycles. The van der Waals surface area contributed by atoms with Gasteiger partial charge in [-0.25, -0.2) is 29.4 Å². The number of pyridine rings is 1. The fourth-order valence-electron chi connectivity index (χ4n) is 14.0. The number of nitrogens with zero attached hydrogens (tertiary/aromatic N) is 18. The number of nitro benzene ring substituents is 1. The molecule has 1 aliphatic heterocycles. The van der Waals surface area contributed by atoms with Gasteiger partial charge < -0.3 is 4.98 Å². The number of aliphatic imine (C=N–C) groups is 6. The number of allylic oxidation sites excluding steroid dienone is 1. The summed E-state index contributed by atoms with van der Waals surface area (Å²) in [6, 6.07) is 82.7. The highest BCUT2D eigenvalue weighted by molar-refractivity contribution is 7.17. The number of fused-ring (bicyclic) bond motifs is 1. The van der Waals surface area contributed by atoms with Crippen molar-refractivity contribution in [3.05, 3.63) is 429 Å². The third kappa shape index (κ3) is 25.3. The largest absolute Gasteiger partial charge is 0.358 e. The van der Waals surface area contributed by atoms with Crippen molar-refractivity contribution in [1.29, 1.82) is 26.3 Å². The first-order chi connectivity index (χ1) is 66.0. The van der Waals surface area contributed by atoms with E-state index in [4.69, 9.17) is 69.6 Å². The van der Waals surface area contributed by atoms with Crippen LogP contribution in [0.5, 0.6) is 0 Å². The molecule has 17 aromatic rings. The van der Waals surface area contributed by atoms with Gasteiger partial charge >= 0.3 is 0 Å². The summed E-state index contributed by atoms with van der Waals surface area (Å²) in [5.74, 6) is 1.37. The van der Waals surface area contributed by atoms with Crippen molar-refractivity contribution in [2.75, 3.05) is 6.54 Å². The maximum Gasteiger partial charge on any atom is 0.272 e. The van der Waals surface area contributed by atoms with Crippen LogP contribution < -0.4 is 0 Å². The highest BCUT2D eigenvalue weighted by Gasteiger charge is 2.22. The van der Waals surface area contributed by atoms with Crippen molar-refractivity contribution >= 4 is 163 Å². The molecule has 0 atom stereocenters. The number of thiophene rings is 1. The third-order valence-corrected chi connectivity index (χ3v) is 23.2. The quantitative estimate of drug-likeness (QED) is 0.0197. The number of nitro groups is 1. The van der Waals surface area contributed by atoms with Crippen LogP contribution in [0.15, 0.2) is 284 Å². The minimum absolute atomic E-state index is 0.0168. The average molecular weight is 1930 g/mol. The smallest absolute Gasteiger partial charge is 0.272 e. The lowest BCUT2D eigenvalue weighted by atomic mass is 10.0. The molecule has 1 aliphatic rings. The second kappa shape index (κ2) is 46.2. The molecule has 18 rings (SSSR count). The minimum atomic E-state index is -0.439. The number of H-pyrrole nitrogens is 6. The highest BCUT2D eigenvalue weighted by Crippen LogP contribution is 2.33. The van der Waals surface area contributed by atoms with Crippen LogP contribution in [0, 0.1) is 93.4 Å². The van der Waals surface area contributed by atoms with E-state index in [1.165, 1.54) is 24.4 Å². The van der Waals surface area contributed by atoms with Crippen molar-refractivity contribution in [2.24, 2.45) is 30.0 Å². The Morgan fingerprint density at radius 3 is 1.32 bits per heavy atom. The molecule has 6 N–H and O–H groups in total. The predicted molar refractivity (Wildman–Crippen MR) is 535 cm³/mol. The van der Waals surface area contributed by atoms with E-state index in [2.05, 4.69) is 121 Å². The van der Waals surface area contributed by atoms with Gasteiger partial charge in [0.2, 0.25) is 0 Å². The van der Waals surface area contributed by atoms with Crippen LogP contribution >= 0.6 is 80.9 Å². The maximum atomic E-state index is 13.2. The van der Waals surface area contributed by atoms with Crippen LogP contribution in [-0.2, 0) is 32.1 Å². The summed E-state index contributed by atoms with van der Waals surface area (Å²) in [5.41, 5.74) is 19.7. The summed E-state index contributed by atoms with van der Waals surface area (Å²) < 4.78 is 13.2. The molecule has 26 nitrogen and oxygen atoms in total. The van der Waals surface area contributed by atoms with E-state index >= 15 is 0 Å². The zero-order valence-electron chi connectivity index (χ0n) is 72.2. The predicted octanol–water partition coefficient (Wildman–Crippen LogP) is 25.0. The van der Waals surface area contributed by atoms with Gasteiger partial charge in [-0.1, -0.05) is 185 Å². The van der Waals surface area contributed by atoms with E-state index < -0.39 is 4.92 Å². The van der Waals surface area contributed by atoms with E-state index in [-0.39, 0.29) is 17.3 Å². The number of hydrogen-bond acceptors (Lipinski definition) is 20. The van der Waals surface area contributed by atoms with E-state index in [0.717, 1.165) is 105 Å². The van der Waals surface area contributed by atoms with Crippen molar-refractivity contribution in [3.8, 4) is 40.9 Å². The van der Waals surface area contributed by atoms with Crippen LogP contribution in [0.2, 0.25) is 30.1 Å². The monoisotopic (exact) mass is 1930 g/mol. The van der Waals surface area contributed by atoms with E-state index in [0.29, 0.717) is 148 Å². The van der Waals surface area contributed by atoms with Crippen LogP contribution in [0.1, 0.15) is 128 Å². The van der Waals surface area contributed by atoms with Gasteiger partial charge in [0, 0.05) is 155 Å². The standard InChI is InChI=1S/C22H15ClFN5.C21H14ClN5S.C21H16ClN5.C19H14Cl2N4.C19H14ClN5O2/c23-17-3-1-2-14(10-17)11-20-19(12-25)22(29-28-20)27-13-16-8-9-26-21(16)15-4-6-18(24)7-5-15;22-15-5-3-4-14(10-15)11-19-17(12-23)21(27-26-19)25-13-16-7-8-20(28-16)18-6-1-2-9-24-18;1-13-18(16-7-2-3-8-19(16)25-13)12-24-21-17(11-23)20(26-27-21)10-14-5-4-6-15(22)9-14;1-12-5-6-14(17(21)7-12)11-23-19-16(10-22)18(24-25-19)9-13-3-2-4-15(20)8-13;1-12-5-6-14(9-18(12)25(26)27)11-22-19-16(10-21)17(23-24-19)8-13-3-2-4-15(20)7-13/h1-8,10,13H,9,11H2,(H,28,29);1-10,13H,11H2,(H,26,27);2-9,12,25H,10H2,1H3,(H,26,27);2-8,11H,9H2,1H3,(H,24,25);2-7,9,11H,8H2,1H3,(H,23,24). The Hall–Kier alpha value is -16.3. The first kappa shape index (κ1) is 95.8. The van der Waals surface area contributed by atoms with Crippen molar-refractivity contribution in [3.63, 3.8) is 0 Å². The Morgan fingerprint density at radius 2 is 0.890 bits per heavy atom. The van der Waals surface area contributed by atoms with Crippen molar-refractivity contribution in [2.45, 2.75) is 52.9 Å². The fourth-order valence-corrected chi connectivity index (χ4v) is 16.2. The van der Waals surface area contributed by atoms with Gasteiger partial charge in [-0.3, -0.25) is 45.6 Å². The van der Waals surface area contributed by atoms with E-state index in [9.17, 15) is 40.8 Å². The number of nitriles is 5. The zero-order valence-corrected chi connectivity index (χ0v) is 77.6. The number of aromatic nitrogens is 12. The van der Waals surface area contributed by atoms with Gasteiger partial charge in [-0.15, -0.1) is 11.3 Å². The van der Waals surface area contributed by atoms with Crippen molar-refractivity contribution in [1.82, 2.24) is 61.0 Å². The third-order valence-electron chi connectivity index (χ3n) is 20.7. The molecular weight excluding hydrogens is 1860 g/mol. The van der Waals surface area contributed by atoms with Gasteiger partial charge in [0.15, 0.2) is 29.1 Å². The Kier molecular flexibility index (Phi) is 32.5. The first-order valence-electron chi connectivity index (χ1n) is 41.5. The van der Waals surface area contributed by atoms with Crippen LogP contribution in [0.25, 0.3) is 21.5 Å². The molecule has 668 valence electrons. The Morgan fingerprint density at radius 1 is 0.456 bits per heavy atom. The molecule has 0 aliphatic carbocycles. The molecule has 0 saturated carbocycles.